The number of hydrogen-bond acceptors (Lipinski definition) is 4. The third kappa shape index (κ3) is 4.47. The molecule has 2 atom stereocenters. The Morgan fingerprint density at radius 1 is 1.24 bits per heavy atom. The van der Waals surface area contributed by atoms with Crippen LogP contribution in [0.4, 0.5) is 24.8 Å². The van der Waals surface area contributed by atoms with Gasteiger partial charge in [-0.3, -0.25) is 0 Å². The molecule has 0 radical (unpaired) electrons. The maximum Gasteiger partial charge on any atom is 0.451 e. The van der Waals surface area contributed by atoms with E-state index in [-0.39, 0.29) is 17.7 Å². The molecule has 1 fully saturated rings. The lowest BCUT2D eigenvalue weighted by Gasteiger charge is -2.28. The van der Waals surface area contributed by atoms with Gasteiger partial charge in [-0.15, -0.1) is 0 Å². The van der Waals surface area contributed by atoms with E-state index >= 15 is 0 Å². The van der Waals surface area contributed by atoms with Crippen molar-refractivity contribution < 1.29 is 13.2 Å². The van der Waals surface area contributed by atoms with Gasteiger partial charge >= 0.3 is 6.18 Å². The van der Waals surface area contributed by atoms with Crippen molar-refractivity contribution in [2.24, 2.45) is 5.92 Å². The van der Waals surface area contributed by atoms with Crippen molar-refractivity contribution in [3.05, 3.63) is 11.9 Å². The summed E-state index contributed by atoms with van der Waals surface area (Å²) in [5.74, 6) is -0.0701. The van der Waals surface area contributed by atoms with Crippen LogP contribution in [-0.2, 0) is 6.18 Å². The molecule has 2 rings (SSSR count). The molecule has 0 aromatic carbocycles. The van der Waals surface area contributed by atoms with E-state index in [9.17, 15) is 13.2 Å². The largest absolute Gasteiger partial charge is 0.451 e. The van der Waals surface area contributed by atoms with Crippen molar-refractivity contribution in [1.82, 2.24) is 9.97 Å². The second-order valence-corrected chi connectivity index (χ2v) is 5.60. The quantitative estimate of drug-likeness (QED) is 0.885. The van der Waals surface area contributed by atoms with E-state index in [2.05, 4.69) is 27.5 Å². The highest BCUT2D eigenvalue weighted by atomic mass is 19.4. The van der Waals surface area contributed by atoms with Crippen molar-refractivity contribution in [3.8, 4) is 0 Å². The molecule has 1 aliphatic rings. The predicted octanol–water partition coefficient (Wildman–Crippen LogP) is 3.92. The molecular weight excluding hydrogens is 281 g/mol. The Bertz CT molecular complexity index is 476. The van der Waals surface area contributed by atoms with Crippen molar-refractivity contribution >= 4 is 11.6 Å². The molecule has 7 heteroatoms. The summed E-state index contributed by atoms with van der Waals surface area (Å²) in [7, 11) is 0. The van der Waals surface area contributed by atoms with Crippen LogP contribution in [0.2, 0.25) is 0 Å². The number of nitrogens with zero attached hydrogens (tertiary/aromatic N) is 2. The zero-order chi connectivity index (χ0) is 15.5. The van der Waals surface area contributed by atoms with Crippen molar-refractivity contribution in [3.63, 3.8) is 0 Å². The number of hydrogen-bond donors (Lipinski definition) is 2. The average molecular weight is 302 g/mol. The lowest BCUT2D eigenvalue weighted by molar-refractivity contribution is -0.144. The molecule has 1 heterocycles. The molecule has 21 heavy (non-hydrogen) atoms. The molecule has 0 bridgehead atoms. The SMILES string of the molecule is CCNc1cc(NC2CCCC(C)C2)nc(C(F)(F)F)n1. The minimum absolute atomic E-state index is 0.180. The molecule has 1 aromatic rings. The zero-order valence-electron chi connectivity index (χ0n) is 12.3. The monoisotopic (exact) mass is 302 g/mol. The molecule has 1 saturated carbocycles. The third-order valence-electron chi connectivity index (χ3n) is 3.63. The Morgan fingerprint density at radius 3 is 2.57 bits per heavy atom. The summed E-state index contributed by atoms with van der Waals surface area (Å²) in [4.78, 5) is 7.13. The Morgan fingerprint density at radius 2 is 1.95 bits per heavy atom. The maximum absolute atomic E-state index is 12.8. The summed E-state index contributed by atoms with van der Waals surface area (Å²) in [5.41, 5.74) is 0. The van der Waals surface area contributed by atoms with E-state index in [0.717, 1.165) is 19.3 Å². The third-order valence-corrected chi connectivity index (χ3v) is 3.63. The number of aromatic nitrogens is 2. The highest BCUT2D eigenvalue weighted by Crippen LogP contribution is 2.30. The van der Waals surface area contributed by atoms with Gasteiger partial charge in [0.25, 0.3) is 0 Å². The van der Waals surface area contributed by atoms with Gasteiger partial charge in [-0.05, 0) is 25.7 Å². The van der Waals surface area contributed by atoms with Crippen LogP contribution in [0.15, 0.2) is 6.07 Å². The fraction of sp³-hybridized carbons (Fsp3) is 0.714. The summed E-state index contributed by atoms with van der Waals surface area (Å²) in [5, 5.41) is 5.95. The van der Waals surface area contributed by atoms with Gasteiger partial charge in [0.1, 0.15) is 11.6 Å². The number of anilines is 2. The fourth-order valence-electron chi connectivity index (χ4n) is 2.69. The first-order chi connectivity index (χ1) is 9.88. The van der Waals surface area contributed by atoms with Crippen LogP contribution < -0.4 is 10.6 Å². The summed E-state index contributed by atoms with van der Waals surface area (Å²) in [6.45, 7) is 4.48. The summed E-state index contributed by atoms with van der Waals surface area (Å²) in [6, 6.07) is 1.72. The molecular formula is C14H21F3N4. The molecule has 1 aromatic heterocycles. The highest BCUT2D eigenvalue weighted by molar-refractivity contribution is 5.48. The van der Waals surface area contributed by atoms with E-state index in [0.29, 0.717) is 12.5 Å². The molecule has 0 aliphatic heterocycles. The zero-order valence-corrected chi connectivity index (χ0v) is 12.3. The predicted molar refractivity (Wildman–Crippen MR) is 76.2 cm³/mol. The van der Waals surface area contributed by atoms with Gasteiger partial charge in [-0.25, -0.2) is 9.97 Å². The van der Waals surface area contributed by atoms with E-state index < -0.39 is 12.0 Å². The molecule has 4 nitrogen and oxygen atoms in total. The number of halogens is 3. The van der Waals surface area contributed by atoms with Crippen molar-refractivity contribution in [2.45, 2.75) is 51.7 Å². The Kier molecular flexibility index (Phi) is 4.90. The molecule has 1 aliphatic carbocycles. The molecule has 0 saturated heterocycles. The first-order valence-corrected chi connectivity index (χ1v) is 7.35. The lowest BCUT2D eigenvalue weighted by Crippen LogP contribution is -2.27. The van der Waals surface area contributed by atoms with Crippen LogP contribution in [0.5, 0.6) is 0 Å². The van der Waals surface area contributed by atoms with Crippen LogP contribution in [-0.4, -0.2) is 22.6 Å². The number of nitrogens with one attached hydrogen (secondary N) is 2. The fourth-order valence-corrected chi connectivity index (χ4v) is 2.69. The van der Waals surface area contributed by atoms with E-state index in [1.165, 1.54) is 12.5 Å². The standard InChI is InChI=1S/C14H21F3N4/c1-3-18-11-8-12(21-13(20-11)14(15,16)17)19-10-6-4-5-9(2)7-10/h8-10H,3-7H2,1-2H3,(H2,18,19,20,21). The molecule has 2 unspecified atom stereocenters. The Hall–Kier alpha value is -1.53. The maximum atomic E-state index is 12.8. The van der Waals surface area contributed by atoms with Gasteiger partial charge in [0.15, 0.2) is 0 Å². The van der Waals surface area contributed by atoms with Gasteiger partial charge < -0.3 is 10.6 Å². The van der Waals surface area contributed by atoms with Crippen LogP contribution in [0, 0.1) is 5.92 Å². The topological polar surface area (TPSA) is 49.8 Å². The smallest absolute Gasteiger partial charge is 0.370 e. The summed E-state index contributed by atoms with van der Waals surface area (Å²) < 4.78 is 38.5. The van der Waals surface area contributed by atoms with Gasteiger partial charge in [-0.2, -0.15) is 13.2 Å². The van der Waals surface area contributed by atoms with Crippen LogP contribution in [0.25, 0.3) is 0 Å². The second kappa shape index (κ2) is 6.49. The normalized spacial score (nSPS) is 22.9. The van der Waals surface area contributed by atoms with E-state index in [4.69, 9.17) is 0 Å². The Balaban J connectivity index is 2.19. The van der Waals surface area contributed by atoms with Crippen molar-refractivity contribution in [1.29, 1.82) is 0 Å². The molecule has 2 N–H and O–H groups in total. The average Bonchev–Trinajstić information content (AvgIpc) is 2.37. The van der Waals surface area contributed by atoms with E-state index in [1.54, 1.807) is 0 Å². The highest BCUT2D eigenvalue weighted by Gasteiger charge is 2.35. The lowest BCUT2D eigenvalue weighted by atomic mass is 9.87. The number of rotatable bonds is 4. The summed E-state index contributed by atoms with van der Waals surface area (Å²) in [6.07, 6.45) is -0.343. The minimum atomic E-state index is -4.54. The first-order valence-electron chi connectivity index (χ1n) is 7.35. The van der Waals surface area contributed by atoms with Gasteiger partial charge in [0, 0.05) is 18.7 Å². The van der Waals surface area contributed by atoms with Crippen LogP contribution in [0.1, 0.15) is 45.4 Å². The van der Waals surface area contributed by atoms with Gasteiger partial charge in [-0.1, -0.05) is 19.8 Å². The van der Waals surface area contributed by atoms with Crippen molar-refractivity contribution in [2.75, 3.05) is 17.2 Å². The van der Waals surface area contributed by atoms with Gasteiger partial charge in [0.05, 0.1) is 0 Å². The molecule has 0 amide bonds. The Labute approximate surface area is 122 Å². The second-order valence-electron chi connectivity index (χ2n) is 5.60. The van der Waals surface area contributed by atoms with Gasteiger partial charge in [0.2, 0.25) is 5.82 Å². The number of alkyl halides is 3. The first kappa shape index (κ1) is 15.9. The van der Waals surface area contributed by atoms with Crippen LogP contribution in [0.3, 0.4) is 0 Å². The summed E-state index contributed by atoms with van der Waals surface area (Å²) >= 11 is 0. The molecule has 0 spiro atoms. The minimum Gasteiger partial charge on any atom is -0.370 e. The molecule has 118 valence electrons. The van der Waals surface area contributed by atoms with Crippen LogP contribution >= 0.6 is 0 Å². The van der Waals surface area contributed by atoms with E-state index in [1.807, 2.05) is 6.92 Å².